The SMILES string of the molecule is Cc1ccc2c(c1)c1cc(C)ccc1n2-c1ccc(-c2cnc3c4ccccc4c4ccccc4c3n2)cc1.c1ccc(-c2ccc3c(c2)c2cc(-c4ccccc4)ccc2n3-c2ccc(-c3cnc4c5ccccc5c5ccccc5c4n3)cc2)cc1. The molecular weight excluding hydrogens is 1070 g/mol. The molecule has 0 fully saturated rings. The van der Waals surface area contributed by atoms with Crippen LogP contribution in [0, 0.1) is 13.8 Å². The van der Waals surface area contributed by atoms with E-state index in [1.165, 1.54) is 98.5 Å². The van der Waals surface area contributed by atoms with Gasteiger partial charge in [0.2, 0.25) is 0 Å². The molecule has 0 aliphatic carbocycles. The Balaban J connectivity index is 0.000000140. The van der Waals surface area contributed by atoms with Gasteiger partial charge >= 0.3 is 0 Å². The highest BCUT2D eigenvalue weighted by atomic mass is 15.0. The Kier molecular flexibility index (Phi) is 11.9. The van der Waals surface area contributed by atoms with E-state index in [9.17, 15) is 0 Å². The summed E-state index contributed by atoms with van der Waals surface area (Å²) in [5.41, 5.74) is 22.0. The van der Waals surface area contributed by atoms with E-state index in [1.807, 2.05) is 12.4 Å². The highest BCUT2D eigenvalue weighted by Gasteiger charge is 2.19. The molecule has 0 aliphatic rings. The van der Waals surface area contributed by atoms with Crippen molar-refractivity contribution in [1.82, 2.24) is 29.1 Å². The third-order valence-corrected chi connectivity index (χ3v) is 17.8. The van der Waals surface area contributed by atoms with E-state index in [2.05, 4.69) is 302 Å². The van der Waals surface area contributed by atoms with Crippen LogP contribution >= 0.6 is 0 Å². The fourth-order valence-corrected chi connectivity index (χ4v) is 13.5. The zero-order valence-electron chi connectivity index (χ0n) is 48.4. The van der Waals surface area contributed by atoms with Crippen molar-refractivity contribution in [3.8, 4) is 56.1 Å². The van der Waals surface area contributed by atoms with E-state index in [-0.39, 0.29) is 0 Å². The van der Waals surface area contributed by atoms with Crippen LogP contribution in [0.2, 0.25) is 0 Å². The van der Waals surface area contributed by atoms with Gasteiger partial charge in [0.25, 0.3) is 0 Å². The molecule has 6 nitrogen and oxygen atoms in total. The van der Waals surface area contributed by atoms with Gasteiger partial charge in [-0.2, -0.15) is 0 Å². The maximum atomic E-state index is 5.22. The molecule has 0 amide bonds. The van der Waals surface area contributed by atoms with Gasteiger partial charge in [-0.3, -0.25) is 9.97 Å². The fourth-order valence-electron chi connectivity index (χ4n) is 13.5. The first-order chi connectivity index (χ1) is 43.5. The van der Waals surface area contributed by atoms with E-state index in [0.29, 0.717) is 0 Å². The second-order valence-electron chi connectivity index (χ2n) is 23.1. The largest absolute Gasteiger partial charge is 0.309 e. The summed E-state index contributed by atoms with van der Waals surface area (Å²) in [5, 5.41) is 14.4. The van der Waals surface area contributed by atoms with Crippen LogP contribution in [0.25, 0.3) is 165 Å². The lowest BCUT2D eigenvalue weighted by Crippen LogP contribution is -1.95. The highest BCUT2D eigenvalue weighted by molar-refractivity contribution is 6.24. The van der Waals surface area contributed by atoms with Crippen LogP contribution in [0.1, 0.15) is 11.1 Å². The minimum atomic E-state index is 0.863. The molecule has 412 valence electrons. The van der Waals surface area contributed by atoms with Crippen LogP contribution < -0.4 is 0 Å². The minimum absolute atomic E-state index is 0.863. The van der Waals surface area contributed by atoms with Crippen LogP contribution in [0.5, 0.6) is 0 Å². The lowest BCUT2D eigenvalue weighted by Gasteiger charge is -2.12. The van der Waals surface area contributed by atoms with Crippen molar-refractivity contribution in [2.75, 3.05) is 0 Å². The van der Waals surface area contributed by atoms with Gasteiger partial charge in [-0.1, -0.05) is 217 Å². The van der Waals surface area contributed by atoms with Gasteiger partial charge in [-0.15, -0.1) is 0 Å². The Bertz CT molecular complexity index is 5580. The summed E-state index contributed by atoms with van der Waals surface area (Å²) < 4.78 is 4.74. The summed E-state index contributed by atoms with van der Waals surface area (Å²) in [6.07, 6.45) is 3.82. The fraction of sp³-hybridized carbons (Fsp3) is 0.0244. The Morgan fingerprint density at radius 2 is 0.523 bits per heavy atom. The molecule has 0 radical (unpaired) electrons. The third kappa shape index (κ3) is 8.40. The average Bonchev–Trinajstić information content (AvgIpc) is 1.42. The zero-order valence-corrected chi connectivity index (χ0v) is 48.4. The van der Waals surface area contributed by atoms with Crippen molar-refractivity contribution in [3.05, 3.63) is 303 Å². The molecule has 0 aliphatic heterocycles. The van der Waals surface area contributed by atoms with Crippen LogP contribution in [-0.2, 0) is 0 Å². The van der Waals surface area contributed by atoms with Crippen LogP contribution in [0.4, 0.5) is 0 Å². The van der Waals surface area contributed by atoms with E-state index in [0.717, 1.165) is 77.5 Å². The molecule has 0 atom stereocenters. The first kappa shape index (κ1) is 50.9. The van der Waals surface area contributed by atoms with Gasteiger partial charge in [-0.05, 0) is 130 Å². The van der Waals surface area contributed by atoms with Gasteiger partial charge in [0.05, 0.1) is 67.9 Å². The maximum Gasteiger partial charge on any atom is 0.0979 e. The molecule has 0 saturated heterocycles. The molecule has 0 N–H and O–H groups in total. The number of hydrogen-bond acceptors (Lipinski definition) is 4. The monoisotopic (exact) mass is 1120 g/mol. The van der Waals surface area contributed by atoms with Crippen molar-refractivity contribution < 1.29 is 0 Å². The second-order valence-corrected chi connectivity index (χ2v) is 23.1. The van der Waals surface area contributed by atoms with Crippen molar-refractivity contribution in [1.29, 1.82) is 0 Å². The van der Waals surface area contributed by atoms with Crippen molar-refractivity contribution in [2.24, 2.45) is 0 Å². The molecule has 4 heterocycles. The molecule has 14 aromatic carbocycles. The zero-order chi connectivity index (χ0) is 58.4. The predicted octanol–water partition coefficient (Wildman–Crippen LogP) is 21.4. The molecule has 0 unspecified atom stereocenters. The molecular formula is C82H54N6. The summed E-state index contributed by atoms with van der Waals surface area (Å²) in [7, 11) is 0. The van der Waals surface area contributed by atoms with Gasteiger partial charge in [0, 0.05) is 65.6 Å². The molecule has 18 rings (SSSR count). The number of hydrogen-bond donors (Lipinski definition) is 0. The third-order valence-electron chi connectivity index (χ3n) is 17.8. The molecule has 6 heteroatoms. The maximum absolute atomic E-state index is 5.22. The number of nitrogens with zero attached hydrogens (tertiary/aromatic N) is 6. The Hall–Kier alpha value is -11.6. The lowest BCUT2D eigenvalue weighted by atomic mass is 9.99. The van der Waals surface area contributed by atoms with Crippen molar-refractivity contribution in [2.45, 2.75) is 13.8 Å². The summed E-state index contributed by atoms with van der Waals surface area (Å²) in [6, 6.07) is 99.7. The van der Waals surface area contributed by atoms with Gasteiger partial charge in [-0.25, -0.2) is 9.97 Å². The Morgan fingerprint density at radius 1 is 0.227 bits per heavy atom. The number of aryl methyl sites for hydroxylation is 2. The summed E-state index contributed by atoms with van der Waals surface area (Å²) in [6.45, 7) is 4.31. The van der Waals surface area contributed by atoms with Crippen molar-refractivity contribution >= 4 is 109 Å². The highest BCUT2D eigenvalue weighted by Crippen LogP contribution is 2.41. The summed E-state index contributed by atoms with van der Waals surface area (Å²) >= 11 is 0. The quantitative estimate of drug-likeness (QED) is 0.156. The molecule has 4 aromatic heterocycles. The molecule has 0 bridgehead atoms. The Morgan fingerprint density at radius 3 is 0.886 bits per heavy atom. The smallest absolute Gasteiger partial charge is 0.0979 e. The topological polar surface area (TPSA) is 61.4 Å². The van der Waals surface area contributed by atoms with E-state index in [4.69, 9.17) is 19.9 Å². The number of rotatable bonds is 6. The molecule has 88 heavy (non-hydrogen) atoms. The summed E-state index contributed by atoms with van der Waals surface area (Å²) in [5.74, 6) is 0. The van der Waals surface area contributed by atoms with Crippen LogP contribution in [0.3, 0.4) is 0 Å². The number of fused-ring (bicyclic) bond motifs is 18. The average molecular weight is 1120 g/mol. The van der Waals surface area contributed by atoms with Crippen LogP contribution in [-0.4, -0.2) is 29.1 Å². The molecule has 0 saturated carbocycles. The first-order valence-corrected chi connectivity index (χ1v) is 30.0. The van der Waals surface area contributed by atoms with E-state index >= 15 is 0 Å². The van der Waals surface area contributed by atoms with E-state index in [1.54, 1.807) is 0 Å². The van der Waals surface area contributed by atoms with Gasteiger partial charge < -0.3 is 9.13 Å². The Labute approximate surface area is 507 Å². The standard InChI is InChI=1S/C46H29N3.C36H25N3/c1-3-11-30(12-4-1)33-21-25-43-40(27-33)41-28-34(31-13-5-2-6-14-31)22-26-44(41)49(43)35-23-19-32(20-24-35)42-29-47-45-38-17-9-7-15-36(38)37-16-8-10-18-39(37)46(45)48-42;1-22-11-17-33-30(19-22)31-20-23(2)12-18-34(31)39(33)25-15-13-24(14-16-25)32-21-37-35-28-9-5-3-7-26(28)27-8-4-6-10-29(27)36(35)38-32/h1-29H;3-21H,1-2H3. The van der Waals surface area contributed by atoms with E-state index < -0.39 is 0 Å². The van der Waals surface area contributed by atoms with Crippen molar-refractivity contribution in [3.63, 3.8) is 0 Å². The van der Waals surface area contributed by atoms with Gasteiger partial charge in [0.15, 0.2) is 0 Å². The van der Waals surface area contributed by atoms with Gasteiger partial charge in [0.1, 0.15) is 0 Å². The lowest BCUT2D eigenvalue weighted by molar-refractivity contribution is 1.18. The molecule has 0 spiro atoms. The molecule has 18 aromatic rings. The minimum Gasteiger partial charge on any atom is -0.309 e. The first-order valence-electron chi connectivity index (χ1n) is 30.0. The van der Waals surface area contributed by atoms with Crippen LogP contribution in [0.15, 0.2) is 291 Å². The predicted molar refractivity (Wildman–Crippen MR) is 369 cm³/mol. The number of aromatic nitrogens is 6. The normalized spacial score (nSPS) is 11.8. The second kappa shape index (κ2) is 20.6. The number of benzene rings is 14. The summed E-state index contributed by atoms with van der Waals surface area (Å²) in [4.78, 5) is 20.3.